The number of pyridine rings is 1. The number of rotatable bonds is 5. The number of carbonyl (C=O) groups is 2. The Labute approximate surface area is 119 Å². The van der Waals surface area contributed by atoms with Gasteiger partial charge in [0.05, 0.1) is 6.54 Å². The summed E-state index contributed by atoms with van der Waals surface area (Å²) in [5, 5.41) is 2.85. The Morgan fingerprint density at radius 3 is 3.00 bits per heavy atom. The molecule has 1 fully saturated rings. The molecule has 0 aromatic carbocycles. The minimum Gasteiger partial charge on any atom is -0.354 e. The van der Waals surface area contributed by atoms with Crippen LogP contribution in [0.25, 0.3) is 0 Å². The van der Waals surface area contributed by atoms with Crippen molar-refractivity contribution in [3.8, 4) is 0 Å². The van der Waals surface area contributed by atoms with Crippen LogP contribution in [0.4, 0.5) is 0 Å². The van der Waals surface area contributed by atoms with E-state index in [0.717, 1.165) is 25.0 Å². The molecule has 0 unspecified atom stereocenters. The van der Waals surface area contributed by atoms with Gasteiger partial charge in [-0.25, -0.2) is 0 Å². The zero-order chi connectivity index (χ0) is 14.2. The van der Waals surface area contributed by atoms with Crippen molar-refractivity contribution in [3.63, 3.8) is 0 Å². The lowest BCUT2D eigenvalue weighted by molar-refractivity contribution is -0.135. The van der Waals surface area contributed by atoms with Gasteiger partial charge in [0.15, 0.2) is 0 Å². The first-order valence-electron chi connectivity index (χ1n) is 7.20. The summed E-state index contributed by atoms with van der Waals surface area (Å²) >= 11 is 0. The molecule has 108 valence electrons. The van der Waals surface area contributed by atoms with E-state index in [1.165, 1.54) is 0 Å². The van der Waals surface area contributed by atoms with Crippen LogP contribution in [0.3, 0.4) is 0 Å². The van der Waals surface area contributed by atoms with Gasteiger partial charge < -0.3 is 10.2 Å². The van der Waals surface area contributed by atoms with Gasteiger partial charge in [0.25, 0.3) is 0 Å². The van der Waals surface area contributed by atoms with Crippen LogP contribution >= 0.6 is 0 Å². The van der Waals surface area contributed by atoms with Crippen molar-refractivity contribution < 1.29 is 9.59 Å². The number of hydrogen-bond acceptors (Lipinski definition) is 3. The molecule has 1 N–H and O–H groups in total. The van der Waals surface area contributed by atoms with Crippen LogP contribution in [-0.2, 0) is 16.0 Å². The van der Waals surface area contributed by atoms with Crippen molar-refractivity contribution >= 4 is 11.8 Å². The minimum atomic E-state index is -0.0869. The van der Waals surface area contributed by atoms with Crippen molar-refractivity contribution in [2.75, 3.05) is 19.6 Å². The van der Waals surface area contributed by atoms with Gasteiger partial charge in [-0.1, -0.05) is 12.5 Å². The van der Waals surface area contributed by atoms with Crippen LogP contribution in [0.5, 0.6) is 0 Å². The summed E-state index contributed by atoms with van der Waals surface area (Å²) in [5.41, 5.74) is 0.957. The summed E-state index contributed by atoms with van der Waals surface area (Å²) in [4.78, 5) is 29.5. The van der Waals surface area contributed by atoms with Crippen molar-refractivity contribution in [1.82, 2.24) is 15.2 Å². The molecule has 1 saturated heterocycles. The quantitative estimate of drug-likeness (QED) is 0.876. The van der Waals surface area contributed by atoms with Crippen LogP contribution < -0.4 is 5.32 Å². The lowest BCUT2D eigenvalue weighted by Crippen LogP contribution is -2.41. The summed E-state index contributed by atoms with van der Waals surface area (Å²) in [6, 6.07) is 5.73. The molecule has 0 bridgehead atoms. The Kier molecular flexibility index (Phi) is 5.53. The molecule has 20 heavy (non-hydrogen) atoms. The van der Waals surface area contributed by atoms with Crippen molar-refractivity contribution in [1.29, 1.82) is 0 Å². The fraction of sp³-hybridized carbons (Fsp3) is 0.533. The third-order valence-electron chi connectivity index (χ3n) is 3.44. The van der Waals surface area contributed by atoms with Crippen LogP contribution in [0.2, 0.25) is 0 Å². The standard InChI is InChI=1S/C15H21N3O2/c19-14(12-18-11-5-1-2-7-15(18)20)17-10-8-13-6-3-4-9-16-13/h3-4,6,9H,1-2,5,7-8,10-12H2,(H,17,19). The normalized spacial score (nSPS) is 15.8. The zero-order valence-electron chi connectivity index (χ0n) is 11.7. The second kappa shape index (κ2) is 7.62. The van der Waals surface area contributed by atoms with Gasteiger partial charge in [0, 0.05) is 37.8 Å². The predicted octanol–water partition coefficient (Wildman–Crippen LogP) is 1.14. The van der Waals surface area contributed by atoms with E-state index in [0.29, 0.717) is 25.9 Å². The maximum atomic E-state index is 11.8. The molecule has 1 aromatic heterocycles. The molecule has 0 spiro atoms. The fourth-order valence-electron chi connectivity index (χ4n) is 2.31. The molecular weight excluding hydrogens is 254 g/mol. The average Bonchev–Trinajstić information content (AvgIpc) is 2.65. The lowest BCUT2D eigenvalue weighted by atomic mass is 10.2. The van der Waals surface area contributed by atoms with Gasteiger partial charge >= 0.3 is 0 Å². The highest BCUT2D eigenvalue weighted by molar-refractivity contribution is 5.84. The molecule has 1 aliphatic rings. The van der Waals surface area contributed by atoms with E-state index in [-0.39, 0.29) is 18.4 Å². The van der Waals surface area contributed by atoms with Gasteiger partial charge in [-0.15, -0.1) is 0 Å². The Hall–Kier alpha value is -1.91. The van der Waals surface area contributed by atoms with Gasteiger partial charge in [-0.05, 0) is 25.0 Å². The number of hydrogen-bond donors (Lipinski definition) is 1. The molecule has 0 atom stereocenters. The third-order valence-corrected chi connectivity index (χ3v) is 3.44. The minimum absolute atomic E-state index is 0.0869. The SMILES string of the molecule is O=C(CN1CCCCCC1=O)NCCc1ccccn1. The highest BCUT2D eigenvalue weighted by Gasteiger charge is 2.18. The maximum absolute atomic E-state index is 11.8. The molecule has 1 aliphatic heterocycles. The Bertz CT molecular complexity index is 448. The number of likely N-dealkylation sites (tertiary alicyclic amines) is 1. The van der Waals surface area contributed by atoms with Crippen molar-refractivity contribution in [2.24, 2.45) is 0 Å². The molecule has 0 aliphatic carbocycles. The first-order valence-corrected chi connectivity index (χ1v) is 7.20. The van der Waals surface area contributed by atoms with E-state index in [1.807, 2.05) is 18.2 Å². The first-order chi connectivity index (χ1) is 9.75. The molecule has 2 rings (SSSR count). The zero-order valence-corrected chi connectivity index (χ0v) is 11.7. The molecule has 2 amide bonds. The summed E-state index contributed by atoms with van der Waals surface area (Å²) in [6.45, 7) is 1.44. The number of nitrogens with one attached hydrogen (secondary N) is 1. The molecule has 5 heteroatoms. The van der Waals surface area contributed by atoms with Gasteiger partial charge in [0.2, 0.25) is 11.8 Å². The monoisotopic (exact) mass is 275 g/mol. The van der Waals surface area contributed by atoms with Crippen LogP contribution in [0.1, 0.15) is 31.4 Å². The van der Waals surface area contributed by atoms with E-state index in [1.54, 1.807) is 11.1 Å². The van der Waals surface area contributed by atoms with E-state index in [2.05, 4.69) is 10.3 Å². The largest absolute Gasteiger partial charge is 0.354 e. The predicted molar refractivity (Wildman–Crippen MR) is 76.0 cm³/mol. The second-order valence-corrected chi connectivity index (χ2v) is 5.05. The number of nitrogens with zero attached hydrogens (tertiary/aromatic N) is 2. The Morgan fingerprint density at radius 1 is 1.30 bits per heavy atom. The molecule has 5 nitrogen and oxygen atoms in total. The molecule has 2 heterocycles. The Morgan fingerprint density at radius 2 is 2.20 bits per heavy atom. The smallest absolute Gasteiger partial charge is 0.239 e. The average molecular weight is 275 g/mol. The third kappa shape index (κ3) is 4.64. The first kappa shape index (κ1) is 14.5. The topological polar surface area (TPSA) is 62.3 Å². The van der Waals surface area contributed by atoms with E-state index in [9.17, 15) is 9.59 Å². The van der Waals surface area contributed by atoms with Crippen molar-refractivity contribution in [2.45, 2.75) is 32.1 Å². The van der Waals surface area contributed by atoms with Crippen molar-refractivity contribution in [3.05, 3.63) is 30.1 Å². The molecule has 0 saturated carbocycles. The van der Waals surface area contributed by atoms with Gasteiger partial charge in [0.1, 0.15) is 0 Å². The molecule has 0 radical (unpaired) electrons. The van der Waals surface area contributed by atoms with Crippen LogP contribution in [-0.4, -0.2) is 41.3 Å². The molecule has 1 aromatic rings. The highest BCUT2D eigenvalue weighted by atomic mass is 16.2. The Balaban J connectivity index is 1.70. The summed E-state index contributed by atoms with van der Waals surface area (Å²) < 4.78 is 0. The number of aromatic nitrogens is 1. The van der Waals surface area contributed by atoms with Crippen LogP contribution in [0.15, 0.2) is 24.4 Å². The van der Waals surface area contributed by atoms with E-state index >= 15 is 0 Å². The highest BCUT2D eigenvalue weighted by Crippen LogP contribution is 2.10. The van der Waals surface area contributed by atoms with E-state index in [4.69, 9.17) is 0 Å². The summed E-state index contributed by atoms with van der Waals surface area (Å²) in [5.74, 6) is 0.0126. The lowest BCUT2D eigenvalue weighted by Gasteiger charge is -2.19. The maximum Gasteiger partial charge on any atom is 0.239 e. The fourth-order valence-corrected chi connectivity index (χ4v) is 2.31. The second-order valence-electron chi connectivity index (χ2n) is 5.05. The summed E-state index contributed by atoms with van der Waals surface area (Å²) in [7, 11) is 0. The molecular formula is C15H21N3O2. The van der Waals surface area contributed by atoms with Gasteiger partial charge in [-0.3, -0.25) is 14.6 Å². The number of amides is 2. The number of carbonyl (C=O) groups excluding carboxylic acids is 2. The van der Waals surface area contributed by atoms with E-state index < -0.39 is 0 Å². The van der Waals surface area contributed by atoms with Gasteiger partial charge in [-0.2, -0.15) is 0 Å². The van der Waals surface area contributed by atoms with Crippen LogP contribution in [0, 0.1) is 0 Å². The summed E-state index contributed by atoms with van der Waals surface area (Å²) in [6.07, 6.45) is 6.03.